The number of ketones is 1. The first kappa shape index (κ1) is 23.9. The Labute approximate surface area is 202 Å². The minimum Gasteiger partial charge on any atom is -0.503 e. The first-order chi connectivity index (χ1) is 16.9. The molecular weight excluding hydrogens is 454 g/mol. The van der Waals surface area contributed by atoms with Gasteiger partial charge < -0.3 is 28.6 Å². The summed E-state index contributed by atoms with van der Waals surface area (Å²) in [5, 5.41) is 10.9. The highest BCUT2D eigenvalue weighted by molar-refractivity contribution is 6.15. The number of hydrogen-bond acceptors (Lipinski definition) is 7. The molecule has 2 N–H and O–H groups in total. The molecule has 10 heteroatoms. The zero-order chi connectivity index (χ0) is 25.1. The first-order valence-electron chi connectivity index (χ1n) is 11.1. The molecule has 1 unspecified atom stereocenters. The number of aryl methyl sites for hydroxylation is 2. The number of aliphatic hydroxyl groups is 1. The number of nitrogens with zero attached hydrogens (tertiary/aromatic N) is 2. The minimum atomic E-state index is -0.884. The van der Waals surface area contributed by atoms with Crippen molar-refractivity contribution in [3.63, 3.8) is 0 Å². The van der Waals surface area contributed by atoms with Crippen molar-refractivity contribution in [3.8, 4) is 17.2 Å². The second-order valence-corrected chi connectivity index (χ2v) is 8.06. The highest BCUT2D eigenvalue weighted by Gasteiger charge is 2.45. The number of aromatic amines is 1. The van der Waals surface area contributed by atoms with Crippen LogP contribution < -0.4 is 18.8 Å². The highest BCUT2D eigenvalue weighted by Crippen LogP contribution is 2.45. The Kier molecular flexibility index (Phi) is 6.81. The fourth-order valence-corrected chi connectivity index (χ4v) is 4.29. The van der Waals surface area contributed by atoms with E-state index in [1.165, 1.54) is 32.3 Å². The van der Waals surface area contributed by atoms with Crippen LogP contribution in [0, 0.1) is 6.92 Å². The molecule has 0 saturated carbocycles. The lowest BCUT2D eigenvalue weighted by molar-refractivity contribution is -0.695. The zero-order valence-corrected chi connectivity index (χ0v) is 20.0. The van der Waals surface area contributed by atoms with Crippen molar-refractivity contribution in [2.75, 3.05) is 27.9 Å². The van der Waals surface area contributed by atoms with Crippen LogP contribution in [-0.2, 0) is 11.3 Å². The van der Waals surface area contributed by atoms with E-state index in [0.717, 1.165) is 0 Å². The summed E-state index contributed by atoms with van der Waals surface area (Å²) in [5.41, 5.74) is 0.464. The minimum absolute atomic E-state index is 0.0408. The normalized spacial score (nSPS) is 15.6. The van der Waals surface area contributed by atoms with Crippen molar-refractivity contribution in [2.24, 2.45) is 0 Å². The van der Waals surface area contributed by atoms with Crippen LogP contribution in [0.4, 0.5) is 0 Å². The lowest BCUT2D eigenvalue weighted by atomic mass is 9.94. The number of amides is 1. The molecule has 0 radical (unpaired) electrons. The largest absolute Gasteiger partial charge is 0.503 e. The van der Waals surface area contributed by atoms with Crippen LogP contribution in [0.2, 0.25) is 0 Å². The number of benzene rings is 1. The predicted molar refractivity (Wildman–Crippen MR) is 124 cm³/mol. The van der Waals surface area contributed by atoms with Crippen LogP contribution in [0.25, 0.3) is 0 Å². The van der Waals surface area contributed by atoms with Crippen molar-refractivity contribution >= 4 is 11.7 Å². The van der Waals surface area contributed by atoms with Gasteiger partial charge in [-0.25, -0.2) is 4.57 Å². The van der Waals surface area contributed by atoms with E-state index in [9.17, 15) is 14.7 Å². The number of aliphatic hydroxyl groups excluding tert-OH is 1. The molecule has 0 saturated heterocycles. The number of H-pyrrole nitrogens is 1. The summed E-state index contributed by atoms with van der Waals surface area (Å²) in [5.74, 6) is -0.104. The lowest BCUT2D eigenvalue weighted by Gasteiger charge is -2.27. The summed E-state index contributed by atoms with van der Waals surface area (Å²) >= 11 is 0. The maximum atomic E-state index is 13.5. The van der Waals surface area contributed by atoms with E-state index >= 15 is 0 Å². The Bertz CT molecular complexity index is 1230. The number of methoxy groups -OCH3 is 3. The van der Waals surface area contributed by atoms with Crippen molar-refractivity contribution in [1.29, 1.82) is 0 Å². The average Bonchev–Trinajstić information content (AvgIpc) is 3.59. The van der Waals surface area contributed by atoms with Gasteiger partial charge in [0.05, 0.1) is 39.5 Å². The Morgan fingerprint density at radius 1 is 1.17 bits per heavy atom. The molecule has 10 nitrogen and oxygen atoms in total. The Morgan fingerprint density at radius 3 is 2.43 bits per heavy atom. The van der Waals surface area contributed by atoms with E-state index in [0.29, 0.717) is 41.5 Å². The molecule has 0 bridgehead atoms. The highest BCUT2D eigenvalue weighted by atomic mass is 16.5. The molecule has 1 aliphatic rings. The lowest BCUT2D eigenvalue weighted by Crippen LogP contribution is -2.36. The molecule has 3 aromatic rings. The number of rotatable bonds is 10. The molecule has 35 heavy (non-hydrogen) atoms. The van der Waals surface area contributed by atoms with Crippen molar-refractivity contribution in [1.82, 2.24) is 9.88 Å². The SMILES string of the molecule is COc1cc(C2C(C(=O)c3ccc(C)o3)=C(O)C(=O)N2CCC[n+]2cc[nH]c2)cc(OC)c1OC. The molecule has 184 valence electrons. The maximum Gasteiger partial charge on any atom is 0.290 e. The van der Waals surface area contributed by atoms with Crippen molar-refractivity contribution in [2.45, 2.75) is 25.9 Å². The number of nitrogens with one attached hydrogen (secondary N) is 1. The molecule has 0 fully saturated rings. The Balaban J connectivity index is 1.77. The van der Waals surface area contributed by atoms with Gasteiger partial charge in [0, 0.05) is 13.0 Å². The van der Waals surface area contributed by atoms with Gasteiger partial charge in [-0.05, 0) is 36.8 Å². The van der Waals surface area contributed by atoms with Crippen LogP contribution in [0.5, 0.6) is 17.2 Å². The summed E-state index contributed by atoms with van der Waals surface area (Å²) in [6, 6.07) is 5.64. The van der Waals surface area contributed by atoms with Gasteiger partial charge in [-0.2, -0.15) is 0 Å². The summed E-state index contributed by atoms with van der Waals surface area (Å²) in [6.45, 7) is 2.64. The van der Waals surface area contributed by atoms with E-state index in [-0.39, 0.29) is 17.9 Å². The van der Waals surface area contributed by atoms with Crippen LogP contribution in [0.1, 0.15) is 34.3 Å². The maximum absolute atomic E-state index is 13.5. The number of carbonyl (C=O) groups excluding carboxylic acids is 2. The molecule has 2 aromatic heterocycles. The number of imidazole rings is 1. The molecular formula is C25H28N3O7+. The molecule has 0 aliphatic carbocycles. The number of furan rings is 1. The third-order valence-electron chi connectivity index (χ3n) is 5.93. The predicted octanol–water partition coefficient (Wildman–Crippen LogP) is 2.90. The van der Waals surface area contributed by atoms with Crippen LogP contribution in [0.15, 0.2) is 58.7 Å². The standard InChI is InChI=1S/C25H27N3O7/c1-15-6-7-17(35-15)22(29)20-21(16-12-18(32-2)24(34-4)19(13-16)33-3)28(25(31)23(20)30)10-5-9-27-11-8-26-14-27/h6-8,11-14,21H,5,9-10H2,1-4H3,(H,29,30)/p+1. The number of carbonyl (C=O) groups is 2. The molecule has 1 amide bonds. The van der Waals surface area contributed by atoms with Gasteiger partial charge in [0.15, 0.2) is 23.0 Å². The summed E-state index contributed by atoms with van der Waals surface area (Å²) < 4.78 is 23.8. The summed E-state index contributed by atoms with van der Waals surface area (Å²) in [4.78, 5) is 31.1. The van der Waals surface area contributed by atoms with Gasteiger partial charge in [-0.15, -0.1) is 0 Å². The van der Waals surface area contributed by atoms with Crippen LogP contribution >= 0.6 is 0 Å². The Hall–Kier alpha value is -4.21. The van der Waals surface area contributed by atoms with E-state index in [1.54, 1.807) is 31.3 Å². The van der Waals surface area contributed by atoms with E-state index in [1.807, 2.05) is 17.1 Å². The topological polar surface area (TPSA) is 118 Å². The third kappa shape index (κ3) is 4.46. The van der Waals surface area contributed by atoms with E-state index in [4.69, 9.17) is 18.6 Å². The number of Topliss-reactive ketones (excluding diaryl/α,β-unsaturated/α-hetero) is 1. The number of hydrogen-bond donors (Lipinski definition) is 2. The second-order valence-electron chi connectivity index (χ2n) is 8.06. The molecule has 1 atom stereocenters. The smallest absolute Gasteiger partial charge is 0.290 e. The van der Waals surface area contributed by atoms with Gasteiger partial charge >= 0.3 is 0 Å². The van der Waals surface area contributed by atoms with Gasteiger partial charge in [0.1, 0.15) is 18.2 Å². The van der Waals surface area contributed by atoms with Gasteiger partial charge in [0.2, 0.25) is 17.9 Å². The molecule has 4 rings (SSSR count). The number of aromatic nitrogens is 2. The number of ether oxygens (including phenoxy) is 3. The summed E-state index contributed by atoms with van der Waals surface area (Å²) in [6.07, 6.45) is 6.08. The summed E-state index contributed by atoms with van der Waals surface area (Å²) in [7, 11) is 4.46. The second kappa shape index (κ2) is 9.96. The first-order valence-corrected chi connectivity index (χ1v) is 11.1. The van der Waals surface area contributed by atoms with Gasteiger partial charge in [0.25, 0.3) is 5.91 Å². The van der Waals surface area contributed by atoms with Crippen LogP contribution in [0.3, 0.4) is 0 Å². The van der Waals surface area contributed by atoms with E-state index in [2.05, 4.69) is 4.98 Å². The zero-order valence-electron chi connectivity index (χ0n) is 20.0. The van der Waals surface area contributed by atoms with Crippen LogP contribution in [-0.4, -0.2) is 54.6 Å². The average molecular weight is 483 g/mol. The van der Waals surface area contributed by atoms with Crippen molar-refractivity contribution in [3.05, 3.63) is 71.4 Å². The van der Waals surface area contributed by atoms with Crippen molar-refractivity contribution < 1.29 is 37.9 Å². The van der Waals surface area contributed by atoms with Gasteiger partial charge in [-0.3, -0.25) is 14.6 Å². The Morgan fingerprint density at radius 2 is 1.89 bits per heavy atom. The third-order valence-corrected chi connectivity index (χ3v) is 5.93. The monoisotopic (exact) mass is 482 g/mol. The fraction of sp³-hybridized carbons (Fsp3) is 0.320. The fourth-order valence-electron chi connectivity index (χ4n) is 4.29. The van der Waals surface area contributed by atoms with Gasteiger partial charge in [-0.1, -0.05) is 0 Å². The quantitative estimate of drug-likeness (QED) is 0.337. The molecule has 0 spiro atoms. The molecule has 3 heterocycles. The molecule has 1 aromatic carbocycles. The molecule has 1 aliphatic heterocycles. The van der Waals surface area contributed by atoms with E-state index < -0.39 is 23.5 Å².